The first kappa shape index (κ1) is 17.5. The highest BCUT2D eigenvalue weighted by Crippen LogP contribution is 2.19. The van der Waals surface area contributed by atoms with Crippen molar-refractivity contribution in [1.82, 2.24) is 9.55 Å². The van der Waals surface area contributed by atoms with Crippen LogP contribution in [0.3, 0.4) is 0 Å². The maximum Gasteiger partial charge on any atom is 0.334 e. The van der Waals surface area contributed by atoms with Crippen molar-refractivity contribution in [2.75, 3.05) is 12.0 Å². The Morgan fingerprint density at radius 1 is 1.11 bits per heavy atom. The van der Waals surface area contributed by atoms with Crippen molar-refractivity contribution in [2.45, 2.75) is 13.1 Å². The predicted octanol–water partition coefficient (Wildman–Crippen LogP) is 1.29. The summed E-state index contributed by atoms with van der Waals surface area (Å²) in [6, 6.07) is 13.5. The lowest BCUT2D eigenvalue weighted by Crippen LogP contribution is -3.11. The fourth-order valence-electron chi connectivity index (χ4n) is 3.34. The van der Waals surface area contributed by atoms with E-state index in [9.17, 15) is 14.0 Å². The van der Waals surface area contributed by atoms with E-state index in [-0.39, 0.29) is 5.69 Å². The SMILES string of the molecule is O=c1[nH]c(=O)n(-c2ccccc2F)c2c1C[NH+](Cc1ccccc1Cl)CN2. The van der Waals surface area contributed by atoms with Gasteiger partial charge in [0.1, 0.15) is 30.3 Å². The number of para-hydroxylation sites is 1. The van der Waals surface area contributed by atoms with Crippen LogP contribution in [-0.2, 0) is 13.1 Å². The van der Waals surface area contributed by atoms with Crippen molar-refractivity contribution in [1.29, 1.82) is 0 Å². The summed E-state index contributed by atoms with van der Waals surface area (Å²) in [6.45, 7) is 1.47. The molecule has 1 atom stereocenters. The van der Waals surface area contributed by atoms with Gasteiger partial charge in [0.05, 0.1) is 5.69 Å². The molecule has 1 unspecified atom stereocenters. The number of anilines is 1. The summed E-state index contributed by atoms with van der Waals surface area (Å²) in [5.41, 5.74) is 0.332. The van der Waals surface area contributed by atoms with E-state index in [1.54, 1.807) is 12.1 Å². The number of benzene rings is 2. The van der Waals surface area contributed by atoms with Gasteiger partial charge < -0.3 is 10.2 Å². The van der Waals surface area contributed by atoms with Gasteiger partial charge in [-0.2, -0.15) is 0 Å². The number of quaternary nitrogens is 1. The molecule has 0 spiro atoms. The summed E-state index contributed by atoms with van der Waals surface area (Å²) < 4.78 is 15.4. The van der Waals surface area contributed by atoms with Crippen LogP contribution in [0.5, 0.6) is 0 Å². The summed E-state index contributed by atoms with van der Waals surface area (Å²) in [4.78, 5) is 28.1. The zero-order valence-electron chi connectivity index (χ0n) is 14.3. The Bertz CT molecular complexity index is 1130. The number of rotatable bonds is 3. The Kier molecular flexibility index (Phi) is 4.55. The molecule has 3 N–H and O–H groups in total. The Balaban J connectivity index is 1.74. The standard InChI is InChI=1S/C19H16ClFN4O2/c20-14-6-2-1-5-12(14)9-24-10-13-17(22-11-24)25(19(27)23-18(13)26)16-8-4-3-7-15(16)21/h1-8,22H,9-11H2,(H,23,26,27)/p+1. The first-order chi connectivity index (χ1) is 13.0. The van der Waals surface area contributed by atoms with E-state index in [0.29, 0.717) is 36.2 Å². The van der Waals surface area contributed by atoms with Crippen LogP contribution < -0.4 is 21.5 Å². The van der Waals surface area contributed by atoms with Gasteiger partial charge in [-0.15, -0.1) is 0 Å². The Labute approximate surface area is 158 Å². The second-order valence-electron chi connectivity index (χ2n) is 6.42. The van der Waals surface area contributed by atoms with Gasteiger partial charge in [0.25, 0.3) is 5.56 Å². The van der Waals surface area contributed by atoms with Crippen molar-refractivity contribution in [2.24, 2.45) is 0 Å². The molecule has 138 valence electrons. The van der Waals surface area contributed by atoms with Crippen LogP contribution in [0.1, 0.15) is 11.1 Å². The minimum atomic E-state index is -0.675. The summed E-state index contributed by atoms with van der Waals surface area (Å²) in [7, 11) is 0. The van der Waals surface area contributed by atoms with Crippen molar-refractivity contribution in [3.05, 3.63) is 91.3 Å². The molecule has 27 heavy (non-hydrogen) atoms. The van der Waals surface area contributed by atoms with Gasteiger partial charge in [-0.1, -0.05) is 41.9 Å². The first-order valence-electron chi connectivity index (χ1n) is 8.48. The molecular weight excluding hydrogens is 371 g/mol. The summed E-state index contributed by atoms with van der Waals surface area (Å²) in [5.74, 6) is -0.210. The molecule has 1 aromatic heterocycles. The molecule has 0 saturated heterocycles. The first-order valence-corrected chi connectivity index (χ1v) is 8.86. The molecule has 0 saturated carbocycles. The third-order valence-corrected chi connectivity index (χ3v) is 5.00. The summed E-state index contributed by atoms with van der Waals surface area (Å²) >= 11 is 6.23. The molecule has 0 aliphatic carbocycles. The van der Waals surface area contributed by atoms with E-state index in [1.165, 1.54) is 16.7 Å². The Hall–Kier alpha value is -2.90. The van der Waals surface area contributed by atoms with Crippen LogP contribution >= 0.6 is 11.6 Å². The van der Waals surface area contributed by atoms with Gasteiger partial charge in [0.2, 0.25) is 0 Å². The third-order valence-electron chi connectivity index (χ3n) is 4.63. The number of aromatic nitrogens is 2. The lowest BCUT2D eigenvalue weighted by atomic mass is 10.1. The van der Waals surface area contributed by atoms with E-state index in [1.807, 2.05) is 24.3 Å². The number of halogens is 2. The number of nitrogens with zero attached hydrogens (tertiary/aromatic N) is 1. The van der Waals surface area contributed by atoms with Gasteiger partial charge in [-0.05, 0) is 18.2 Å². The molecule has 0 fully saturated rings. The quantitative estimate of drug-likeness (QED) is 0.634. The van der Waals surface area contributed by atoms with Gasteiger partial charge >= 0.3 is 5.69 Å². The maximum atomic E-state index is 14.2. The van der Waals surface area contributed by atoms with Crippen LogP contribution in [0.2, 0.25) is 5.02 Å². The van der Waals surface area contributed by atoms with Crippen LogP contribution in [0.25, 0.3) is 5.69 Å². The monoisotopic (exact) mass is 387 g/mol. The number of H-pyrrole nitrogens is 1. The normalized spacial score (nSPS) is 15.9. The summed E-state index contributed by atoms with van der Waals surface area (Å²) in [5, 5.41) is 3.79. The van der Waals surface area contributed by atoms with Crippen molar-refractivity contribution < 1.29 is 9.29 Å². The molecule has 2 aromatic carbocycles. The maximum absolute atomic E-state index is 14.2. The van der Waals surface area contributed by atoms with Gasteiger partial charge in [-0.25, -0.2) is 13.8 Å². The molecule has 3 aromatic rings. The lowest BCUT2D eigenvalue weighted by molar-refractivity contribution is -0.926. The third kappa shape index (κ3) is 3.27. The molecule has 6 nitrogen and oxygen atoms in total. The number of hydrogen-bond acceptors (Lipinski definition) is 3. The van der Waals surface area contributed by atoms with Crippen LogP contribution in [0, 0.1) is 5.82 Å². The highest BCUT2D eigenvalue weighted by Gasteiger charge is 2.27. The minimum Gasteiger partial charge on any atom is -0.324 e. The lowest BCUT2D eigenvalue weighted by Gasteiger charge is -2.28. The zero-order chi connectivity index (χ0) is 19.0. The zero-order valence-corrected chi connectivity index (χ0v) is 15.0. The Morgan fingerprint density at radius 2 is 1.85 bits per heavy atom. The average molecular weight is 388 g/mol. The highest BCUT2D eigenvalue weighted by molar-refractivity contribution is 6.31. The molecule has 1 aliphatic rings. The number of hydrogen-bond donors (Lipinski definition) is 3. The molecule has 2 heterocycles. The van der Waals surface area contributed by atoms with E-state index in [0.717, 1.165) is 10.5 Å². The average Bonchev–Trinajstić information content (AvgIpc) is 2.65. The van der Waals surface area contributed by atoms with Crippen LogP contribution in [-0.4, -0.2) is 16.2 Å². The number of nitrogens with one attached hydrogen (secondary N) is 3. The van der Waals surface area contributed by atoms with Gasteiger partial charge in [0.15, 0.2) is 6.67 Å². The minimum absolute atomic E-state index is 0.0945. The van der Waals surface area contributed by atoms with Crippen LogP contribution in [0.15, 0.2) is 58.1 Å². The second kappa shape index (κ2) is 7.02. The van der Waals surface area contributed by atoms with Crippen LogP contribution in [0.4, 0.5) is 10.2 Å². The fourth-order valence-corrected chi connectivity index (χ4v) is 3.55. The van der Waals surface area contributed by atoms with E-state index in [4.69, 9.17) is 11.6 Å². The molecule has 8 heteroatoms. The molecule has 0 radical (unpaired) electrons. The van der Waals surface area contributed by atoms with Crippen molar-refractivity contribution in [3.8, 4) is 5.69 Å². The molecule has 0 amide bonds. The smallest absolute Gasteiger partial charge is 0.324 e. The Morgan fingerprint density at radius 3 is 2.63 bits per heavy atom. The molecule has 4 rings (SSSR count). The molecule has 1 aliphatic heterocycles. The fraction of sp³-hybridized carbons (Fsp3) is 0.158. The van der Waals surface area contributed by atoms with E-state index < -0.39 is 17.1 Å². The molecular formula is C19H17ClFN4O2+. The highest BCUT2D eigenvalue weighted by atomic mass is 35.5. The second-order valence-corrected chi connectivity index (χ2v) is 6.83. The topological polar surface area (TPSA) is 71.3 Å². The van der Waals surface area contributed by atoms with E-state index in [2.05, 4.69) is 10.3 Å². The van der Waals surface area contributed by atoms with E-state index >= 15 is 0 Å². The number of aromatic amines is 1. The van der Waals surface area contributed by atoms with Gasteiger partial charge in [0, 0.05) is 10.6 Å². The largest absolute Gasteiger partial charge is 0.334 e. The van der Waals surface area contributed by atoms with Crippen molar-refractivity contribution in [3.63, 3.8) is 0 Å². The molecule has 0 bridgehead atoms. The van der Waals surface area contributed by atoms with Crippen molar-refractivity contribution >= 4 is 17.4 Å². The van der Waals surface area contributed by atoms with Gasteiger partial charge in [-0.3, -0.25) is 9.78 Å². The number of fused-ring (bicyclic) bond motifs is 1. The predicted molar refractivity (Wildman–Crippen MR) is 101 cm³/mol. The summed E-state index contributed by atoms with van der Waals surface area (Å²) in [6.07, 6.45) is 0.